The average molecular weight is 273 g/mol. The summed E-state index contributed by atoms with van der Waals surface area (Å²) in [7, 11) is 0. The highest BCUT2D eigenvalue weighted by atomic mass is 19.4. The molecule has 5 heteroatoms. The number of aliphatic hydroxyl groups is 1. The van der Waals surface area contributed by atoms with E-state index in [4.69, 9.17) is 5.11 Å². The molecule has 1 aliphatic rings. The Balaban J connectivity index is 2.02. The van der Waals surface area contributed by atoms with Gasteiger partial charge in [0.1, 0.15) is 0 Å². The Morgan fingerprint density at radius 3 is 2.53 bits per heavy atom. The minimum Gasteiger partial charge on any atom is -0.396 e. The van der Waals surface area contributed by atoms with Crippen LogP contribution in [0.15, 0.2) is 24.3 Å². The van der Waals surface area contributed by atoms with E-state index >= 15 is 0 Å². The Bertz CT molecular complexity index is 415. The van der Waals surface area contributed by atoms with Crippen LogP contribution in [0.5, 0.6) is 0 Å². The molecule has 0 amide bonds. The van der Waals surface area contributed by atoms with Crippen LogP contribution in [0.1, 0.15) is 30.4 Å². The van der Waals surface area contributed by atoms with E-state index in [-0.39, 0.29) is 24.8 Å². The predicted octanol–water partition coefficient (Wildman–Crippen LogP) is 2.96. The van der Waals surface area contributed by atoms with E-state index in [0.717, 1.165) is 18.9 Å². The topological polar surface area (TPSA) is 32.3 Å². The lowest BCUT2D eigenvalue weighted by Crippen LogP contribution is -2.32. The smallest absolute Gasteiger partial charge is 0.396 e. The van der Waals surface area contributed by atoms with Gasteiger partial charge in [-0.2, -0.15) is 13.2 Å². The third kappa shape index (κ3) is 3.94. The summed E-state index contributed by atoms with van der Waals surface area (Å²) in [6.45, 7) is 0.256. The lowest BCUT2D eigenvalue weighted by atomic mass is 10.1. The van der Waals surface area contributed by atoms with Crippen molar-refractivity contribution in [1.82, 2.24) is 5.32 Å². The van der Waals surface area contributed by atoms with Crippen LogP contribution in [0, 0.1) is 5.92 Å². The van der Waals surface area contributed by atoms with E-state index in [1.165, 1.54) is 12.1 Å². The first kappa shape index (κ1) is 14.3. The zero-order valence-corrected chi connectivity index (χ0v) is 10.6. The van der Waals surface area contributed by atoms with Gasteiger partial charge in [0.25, 0.3) is 0 Å². The van der Waals surface area contributed by atoms with Crippen LogP contribution in [0.25, 0.3) is 0 Å². The Kier molecular flexibility index (Phi) is 4.47. The van der Waals surface area contributed by atoms with E-state index in [2.05, 4.69) is 5.32 Å². The third-order valence-corrected chi connectivity index (χ3v) is 3.51. The summed E-state index contributed by atoms with van der Waals surface area (Å²) in [4.78, 5) is 0. The first-order valence-corrected chi connectivity index (χ1v) is 6.51. The van der Waals surface area contributed by atoms with Crippen LogP contribution in [-0.4, -0.2) is 17.8 Å². The first-order valence-electron chi connectivity index (χ1n) is 6.51. The monoisotopic (exact) mass is 273 g/mol. The number of aliphatic hydroxyl groups excluding tert-OH is 1. The minimum atomic E-state index is -4.32. The van der Waals surface area contributed by atoms with E-state index in [1.54, 1.807) is 6.07 Å². The molecule has 1 saturated carbocycles. The molecule has 0 aliphatic heterocycles. The molecule has 0 aromatic heterocycles. The average Bonchev–Trinajstić information content (AvgIpc) is 3.18. The quantitative estimate of drug-likeness (QED) is 0.835. The van der Waals surface area contributed by atoms with Crippen molar-refractivity contribution in [2.45, 2.75) is 38.0 Å². The van der Waals surface area contributed by atoms with Gasteiger partial charge < -0.3 is 10.4 Å². The molecule has 1 atom stereocenters. The fourth-order valence-electron chi connectivity index (χ4n) is 2.33. The van der Waals surface area contributed by atoms with Crippen LogP contribution < -0.4 is 5.32 Å². The molecule has 106 valence electrons. The Hall–Kier alpha value is -1.07. The number of benzene rings is 1. The summed E-state index contributed by atoms with van der Waals surface area (Å²) >= 11 is 0. The van der Waals surface area contributed by atoms with Crippen molar-refractivity contribution < 1.29 is 18.3 Å². The standard InChI is InChI=1S/C14H18F3NO/c15-14(16,17)12-4-2-1-3-11(12)9-18-13(7-8-19)10-5-6-10/h1-4,10,13,18-19H,5-9H2. The van der Waals surface area contributed by atoms with E-state index in [9.17, 15) is 13.2 Å². The molecule has 1 aliphatic carbocycles. The number of alkyl halides is 3. The third-order valence-electron chi connectivity index (χ3n) is 3.51. The van der Waals surface area contributed by atoms with Crippen LogP contribution in [0.2, 0.25) is 0 Å². The fraction of sp³-hybridized carbons (Fsp3) is 0.571. The highest BCUT2D eigenvalue weighted by Crippen LogP contribution is 2.35. The van der Waals surface area contributed by atoms with Gasteiger partial charge in [-0.1, -0.05) is 18.2 Å². The lowest BCUT2D eigenvalue weighted by molar-refractivity contribution is -0.138. The summed E-state index contributed by atoms with van der Waals surface area (Å²) in [5.41, 5.74) is -0.320. The molecule has 1 aromatic carbocycles. The van der Waals surface area contributed by atoms with Crippen molar-refractivity contribution in [2.24, 2.45) is 5.92 Å². The number of nitrogens with one attached hydrogen (secondary N) is 1. The van der Waals surface area contributed by atoms with Gasteiger partial charge in [0, 0.05) is 19.2 Å². The number of hydrogen-bond acceptors (Lipinski definition) is 2. The molecular formula is C14H18F3NO. The van der Waals surface area contributed by atoms with Gasteiger partial charge in [-0.25, -0.2) is 0 Å². The van der Waals surface area contributed by atoms with E-state index in [1.807, 2.05) is 0 Å². The summed E-state index contributed by atoms with van der Waals surface area (Å²) < 4.78 is 38.5. The Morgan fingerprint density at radius 2 is 1.95 bits per heavy atom. The zero-order chi connectivity index (χ0) is 13.9. The zero-order valence-electron chi connectivity index (χ0n) is 10.6. The van der Waals surface area contributed by atoms with Crippen molar-refractivity contribution in [2.75, 3.05) is 6.61 Å². The second-order valence-corrected chi connectivity index (χ2v) is 4.99. The highest BCUT2D eigenvalue weighted by Gasteiger charge is 2.34. The molecule has 0 saturated heterocycles. The maximum atomic E-state index is 12.8. The second-order valence-electron chi connectivity index (χ2n) is 4.99. The van der Waals surface area contributed by atoms with Crippen molar-refractivity contribution in [3.8, 4) is 0 Å². The molecule has 1 fully saturated rings. The van der Waals surface area contributed by atoms with Crippen molar-refractivity contribution >= 4 is 0 Å². The molecule has 2 rings (SSSR count). The van der Waals surface area contributed by atoms with Gasteiger partial charge in [0.15, 0.2) is 0 Å². The molecular weight excluding hydrogens is 255 g/mol. The van der Waals surface area contributed by atoms with Gasteiger partial charge >= 0.3 is 6.18 Å². The lowest BCUT2D eigenvalue weighted by Gasteiger charge is -2.19. The molecule has 2 nitrogen and oxygen atoms in total. The molecule has 0 radical (unpaired) electrons. The van der Waals surface area contributed by atoms with Crippen LogP contribution in [0.3, 0.4) is 0 Å². The SMILES string of the molecule is OCCC(NCc1ccccc1C(F)(F)F)C1CC1. The summed E-state index contributed by atoms with van der Waals surface area (Å²) in [5.74, 6) is 0.505. The van der Waals surface area contributed by atoms with E-state index < -0.39 is 11.7 Å². The van der Waals surface area contributed by atoms with Gasteiger partial charge in [-0.15, -0.1) is 0 Å². The van der Waals surface area contributed by atoms with Crippen molar-refractivity contribution in [1.29, 1.82) is 0 Å². The van der Waals surface area contributed by atoms with Gasteiger partial charge in [0.05, 0.1) is 5.56 Å². The summed E-state index contributed by atoms with van der Waals surface area (Å²) in [6.07, 6.45) is -1.53. The maximum absolute atomic E-state index is 12.8. The Labute approximate surface area is 110 Å². The molecule has 0 spiro atoms. The van der Waals surface area contributed by atoms with Crippen LogP contribution >= 0.6 is 0 Å². The molecule has 19 heavy (non-hydrogen) atoms. The van der Waals surface area contributed by atoms with Crippen LogP contribution in [-0.2, 0) is 12.7 Å². The molecule has 1 aromatic rings. The molecule has 0 bridgehead atoms. The van der Waals surface area contributed by atoms with Gasteiger partial charge in [-0.3, -0.25) is 0 Å². The summed E-state index contributed by atoms with van der Waals surface area (Å²) in [6, 6.07) is 5.74. The van der Waals surface area contributed by atoms with Gasteiger partial charge in [0.2, 0.25) is 0 Å². The predicted molar refractivity (Wildman–Crippen MR) is 66.5 cm³/mol. The highest BCUT2D eigenvalue weighted by molar-refractivity contribution is 5.29. The summed E-state index contributed by atoms with van der Waals surface area (Å²) in [5, 5.41) is 12.1. The van der Waals surface area contributed by atoms with Crippen molar-refractivity contribution in [3.63, 3.8) is 0 Å². The Morgan fingerprint density at radius 1 is 1.26 bits per heavy atom. The van der Waals surface area contributed by atoms with Gasteiger partial charge in [-0.05, 0) is 36.8 Å². The molecule has 0 heterocycles. The number of hydrogen-bond donors (Lipinski definition) is 2. The number of rotatable bonds is 6. The van der Waals surface area contributed by atoms with E-state index in [0.29, 0.717) is 12.3 Å². The first-order chi connectivity index (χ1) is 9.02. The second kappa shape index (κ2) is 5.92. The van der Waals surface area contributed by atoms with Crippen LogP contribution in [0.4, 0.5) is 13.2 Å². The molecule has 1 unspecified atom stereocenters. The fourth-order valence-corrected chi connectivity index (χ4v) is 2.33. The minimum absolute atomic E-state index is 0.0646. The number of halogens is 3. The molecule has 2 N–H and O–H groups in total. The van der Waals surface area contributed by atoms with Crippen molar-refractivity contribution in [3.05, 3.63) is 35.4 Å². The maximum Gasteiger partial charge on any atom is 0.416 e. The normalized spacial score (nSPS) is 17.5. The largest absolute Gasteiger partial charge is 0.416 e.